The second-order valence-electron chi connectivity index (χ2n) is 2.87. The molecule has 2 atom stereocenters. The number of likely N-dealkylation sites (N-methyl/N-ethyl adjacent to an activating group) is 1. The number of carboxylic acids is 2. The monoisotopic (exact) mass is 225 g/mol. The fraction of sp³-hybridized carbons (Fsp3) is 0.714. The Morgan fingerprint density at radius 1 is 1.36 bits per heavy atom. The van der Waals surface area contributed by atoms with Crippen molar-refractivity contribution >= 4 is 24.3 Å². The van der Waals surface area contributed by atoms with E-state index >= 15 is 0 Å². The zero-order chi connectivity index (χ0) is 10.6. The van der Waals surface area contributed by atoms with Crippen LogP contribution in [0.4, 0.5) is 0 Å². The Kier molecular flexibility index (Phi) is 7.34. The summed E-state index contributed by atoms with van der Waals surface area (Å²) >= 11 is 0. The van der Waals surface area contributed by atoms with E-state index in [4.69, 9.17) is 5.11 Å². The van der Waals surface area contributed by atoms with Crippen LogP contribution in [0.25, 0.3) is 0 Å². The van der Waals surface area contributed by atoms with Crippen LogP contribution >= 0.6 is 12.4 Å². The van der Waals surface area contributed by atoms with Crippen LogP contribution < -0.4 is 10.2 Å². The van der Waals surface area contributed by atoms with Crippen molar-refractivity contribution in [3.63, 3.8) is 0 Å². The Morgan fingerprint density at radius 3 is 2.00 bits per heavy atom. The third-order valence-electron chi connectivity index (χ3n) is 1.54. The summed E-state index contributed by atoms with van der Waals surface area (Å²) in [7, 11) is 2.80. The number of halogens is 1. The van der Waals surface area contributed by atoms with E-state index in [1.165, 1.54) is 19.0 Å². The Bertz CT molecular complexity index is 208. The second kappa shape index (κ2) is 6.58. The fourth-order valence-corrected chi connectivity index (χ4v) is 0.994. The topological polar surface area (TPSA) is 104 Å². The summed E-state index contributed by atoms with van der Waals surface area (Å²) in [5, 5.41) is 29.6. The molecule has 6 nitrogen and oxygen atoms in total. The van der Waals surface area contributed by atoms with E-state index in [-0.39, 0.29) is 12.4 Å². The van der Waals surface area contributed by atoms with Crippen LogP contribution in [0.5, 0.6) is 0 Å². The van der Waals surface area contributed by atoms with Gasteiger partial charge < -0.3 is 24.9 Å². The molecule has 84 valence electrons. The molecule has 0 radical (unpaired) electrons. The summed E-state index contributed by atoms with van der Waals surface area (Å²) in [6.07, 6.45) is -2.25. The molecule has 0 aliphatic rings. The predicted octanol–water partition coefficient (Wildman–Crippen LogP) is -3.41. The average Bonchev–Trinajstić information content (AvgIpc) is 1.81. The molecule has 7 heteroatoms. The van der Waals surface area contributed by atoms with Crippen LogP contribution in [-0.4, -0.2) is 48.2 Å². The van der Waals surface area contributed by atoms with Gasteiger partial charge in [-0.05, 0) is 14.1 Å². The maximum absolute atomic E-state index is 10.4. The van der Waals surface area contributed by atoms with Crippen molar-refractivity contribution in [1.82, 2.24) is 4.90 Å². The molecule has 0 spiro atoms. The molecule has 0 aliphatic carbocycles. The minimum atomic E-state index is -1.52. The molecular formula is C7H12ClNO5-2. The summed E-state index contributed by atoms with van der Waals surface area (Å²) in [6.45, 7) is 0. The van der Waals surface area contributed by atoms with E-state index in [0.717, 1.165) is 0 Å². The normalized spacial score (nSPS) is 14.3. The Hall–Kier alpha value is -0.850. The average molecular weight is 226 g/mol. The highest BCUT2D eigenvalue weighted by Crippen LogP contribution is 2.03. The van der Waals surface area contributed by atoms with Gasteiger partial charge in [0.2, 0.25) is 0 Å². The number of carbonyl (C=O) groups excluding carboxylic acids is 2. The van der Waals surface area contributed by atoms with E-state index < -0.39 is 30.5 Å². The number of hydrogen-bond donors (Lipinski definition) is 1. The van der Waals surface area contributed by atoms with Gasteiger partial charge in [0, 0.05) is 12.4 Å². The smallest absolute Gasteiger partial charge is 0.0800 e. The highest BCUT2D eigenvalue weighted by molar-refractivity contribution is 5.85. The van der Waals surface area contributed by atoms with Gasteiger partial charge in [-0.2, -0.15) is 0 Å². The first-order valence-corrected chi connectivity index (χ1v) is 3.61. The Balaban J connectivity index is 0. The molecule has 0 saturated carbocycles. The van der Waals surface area contributed by atoms with Crippen molar-refractivity contribution in [2.24, 2.45) is 0 Å². The molecule has 0 bridgehead atoms. The van der Waals surface area contributed by atoms with Crippen molar-refractivity contribution in [3.8, 4) is 0 Å². The third-order valence-corrected chi connectivity index (χ3v) is 1.54. The number of rotatable bonds is 5. The Morgan fingerprint density at radius 2 is 1.79 bits per heavy atom. The first-order valence-electron chi connectivity index (χ1n) is 3.61. The van der Waals surface area contributed by atoms with Crippen molar-refractivity contribution in [2.45, 2.75) is 18.6 Å². The van der Waals surface area contributed by atoms with E-state index in [0.29, 0.717) is 0 Å². The first-order chi connectivity index (χ1) is 5.86. The molecule has 0 fully saturated rings. The largest absolute Gasteiger partial charge is 0.550 e. The highest BCUT2D eigenvalue weighted by Gasteiger charge is 2.22. The quantitative estimate of drug-likeness (QED) is 0.523. The number of carbonyl (C=O) groups is 2. The minimum Gasteiger partial charge on any atom is -0.550 e. The second-order valence-corrected chi connectivity index (χ2v) is 2.87. The van der Waals surface area contributed by atoms with Gasteiger partial charge >= 0.3 is 0 Å². The maximum Gasteiger partial charge on any atom is 0.0800 e. The number of aliphatic hydroxyl groups excluding tert-OH is 1. The maximum atomic E-state index is 10.4. The summed E-state index contributed by atoms with van der Waals surface area (Å²) in [5.41, 5.74) is 0. The molecule has 2 unspecified atom stereocenters. The number of hydrogen-bond acceptors (Lipinski definition) is 6. The molecule has 1 N–H and O–H groups in total. The van der Waals surface area contributed by atoms with E-state index in [1.807, 2.05) is 0 Å². The molecule has 0 aromatic rings. The minimum absolute atomic E-state index is 0. The summed E-state index contributed by atoms with van der Waals surface area (Å²) < 4.78 is 0. The molecule has 14 heavy (non-hydrogen) atoms. The van der Waals surface area contributed by atoms with Crippen LogP contribution in [0, 0.1) is 0 Å². The molecule has 0 heterocycles. The van der Waals surface area contributed by atoms with Gasteiger partial charge in [0.25, 0.3) is 0 Å². The third kappa shape index (κ3) is 5.00. The van der Waals surface area contributed by atoms with Gasteiger partial charge in [-0.3, -0.25) is 4.90 Å². The van der Waals surface area contributed by atoms with Crippen LogP contribution in [0.1, 0.15) is 6.42 Å². The Labute approximate surface area is 87.5 Å². The van der Waals surface area contributed by atoms with Gasteiger partial charge in [0.15, 0.2) is 0 Å². The van der Waals surface area contributed by atoms with E-state index in [1.54, 1.807) is 0 Å². The first kappa shape index (κ1) is 15.6. The van der Waals surface area contributed by atoms with Crippen molar-refractivity contribution in [1.29, 1.82) is 0 Å². The van der Waals surface area contributed by atoms with Crippen LogP contribution in [-0.2, 0) is 9.59 Å². The van der Waals surface area contributed by atoms with Crippen molar-refractivity contribution in [3.05, 3.63) is 0 Å². The summed E-state index contributed by atoms with van der Waals surface area (Å²) in [6, 6.07) is -1.34. The molecular weight excluding hydrogens is 214 g/mol. The van der Waals surface area contributed by atoms with Gasteiger partial charge in [0.1, 0.15) is 0 Å². The standard InChI is InChI=1S/C7H13NO5.ClH/c1-8(2)6(7(12)13)4(9)3-5(10)11;/h4,6,9H,3H2,1-2H3,(H,10,11)(H,12,13);1H/p-2. The van der Waals surface area contributed by atoms with Gasteiger partial charge in [-0.15, -0.1) is 12.4 Å². The lowest BCUT2D eigenvalue weighted by Crippen LogP contribution is -2.53. The molecule has 0 rings (SSSR count). The number of aliphatic carboxylic acids is 2. The van der Waals surface area contributed by atoms with Gasteiger partial charge in [0.05, 0.1) is 18.1 Å². The lowest BCUT2D eigenvalue weighted by Gasteiger charge is -2.29. The van der Waals surface area contributed by atoms with E-state index in [2.05, 4.69) is 0 Å². The van der Waals surface area contributed by atoms with E-state index in [9.17, 15) is 19.8 Å². The lowest BCUT2D eigenvalue weighted by molar-refractivity contribution is -0.316. The van der Waals surface area contributed by atoms with Gasteiger partial charge in [-0.1, -0.05) is 0 Å². The molecule has 0 aliphatic heterocycles. The van der Waals surface area contributed by atoms with Crippen LogP contribution in [0.2, 0.25) is 0 Å². The molecule has 0 aromatic carbocycles. The SMILES string of the molecule is CN(C)C(C(=O)[O-])C(O)CC(=O)[O-].Cl. The van der Waals surface area contributed by atoms with Crippen molar-refractivity contribution in [2.75, 3.05) is 14.1 Å². The van der Waals surface area contributed by atoms with Crippen LogP contribution in [0.3, 0.4) is 0 Å². The molecule has 0 saturated heterocycles. The van der Waals surface area contributed by atoms with Gasteiger partial charge in [-0.25, -0.2) is 0 Å². The number of aliphatic hydroxyl groups is 1. The molecule has 0 aromatic heterocycles. The predicted molar refractivity (Wildman–Crippen MR) is 45.4 cm³/mol. The van der Waals surface area contributed by atoms with Crippen LogP contribution in [0.15, 0.2) is 0 Å². The summed E-state index contributed by atoms with van der Waals surface area (Å²) in [5.74, 6) is -3.01. The zero-order valence-electron chi connectivity index (χ0n) is 7.80. The number of carboxylic acid groups (broad SMARTS) is 2. The lowest BCUT2D eigenvalue weighted by atomic mass is 10.1. The number of nitrogens with zero attached hydrogens (tertiary/aromatic N) is 1. The summed E-state index contributed by atoms with van der Waals surface area (Å²) in [4.78, 5) is 21.7. The van der Waals surface area contributed by atoms with Crippen molar-refractivity contribution < 1.29 is 24.9 Å². The highest BCUT2D eigenvalue weighted by atomic mass is 35.5. The molecule has 0 amide bonds. The fourth-order valence-electron chi connectivity index (χ4n) is 0.994. The zero-order valence-corrected chi connectivity index (χ0v) is 8.61.